The SMILES string of the molecule is CCC[C@H](NC(=O)c1ccc(C(=O)O)cc1C(F)(F)F)c1nc2ccc(Cl)cc2[nH]1. The van der Waals surface area contributed by atoms with E-state index in [0.717, 1.165) is 12.1 Å². The van der Waals surface area contributed by atoms with Crippen LogP contribution in [0.25, 0.3) is 11.0 Å². The summed E-state index contributed by atoms with van der Waals surface area (Å²) in [6.45, 7) is 1.86. The Morgan fingerprint density at radius 1 is 1.23 bits per heavy atom. The van der Waals surface area contributed by atoms with Crippen LogP contribution < -0.4 is 5.32 Å². The van der Waals surface area contributed by atoms with Crippen molar-refractivity contribution in [3.63, 3.8) is 0 Å². The van der Waals surface area contributed by atoms with Crippen LogP contribution in [0.1, 0.15) is 57.9 Å². The molecule has 0 aliphatic rings. The van der Waals surface area contributed by atoms with Crippen molar-refractivity contribution in [2.75, 3.05) is 0 Å². The van der Waals surface area contributed by atoms with Crippen LogP contribution >= 0.6 is 11.6 Å². The summed E-state index contributed by atoms with van der Waals surface area (Å²) in [5.74, 6) is -2.10. The number of carbonyl (C=O) groups excluding carboxylic acids is 1. The lowest BCUT2D eigenvalue weighted by Gasteiger charge is -2.18. The number of H-pyrrole nitrogens is 1. The molecule has 0 spiro atoms. The van der Waals surface area contributed by atoms with Crippen LogP contribution in [0.3, 0.4) is 0 Å². The molecule has 3 rings (SSSR count). The number of hydrogen-bond acceptors (Lipinski definition) is 3. The number of aromatic nitrogens is 2. The topological polar surface area (TPSA) is 95.1 Å². The number of imidazole rings is 1. The van der Waals surface area contributed by atoms with Crippen molar-refractivity contribution in [1.29, 1.82) is 0 Å². The fourth-order valence-corrected chi connectivity index (χ4v) is 3.25. The molecule has 2 aromatic carbocycles. The van der Waals surface area contributed by atoms with Gasteiger partial charge in [0.25, 0.3) is 5.91 Å². The number of rotatable bonds is 6. The molecule has 158 valence electrons. The molecule has 0 saturated carbocycles. The van der Waals surface area contributed by atoms with E-state index in [1.807, 2.05) is 6.92 Å². The third-order valence-corrected chi connectivity index (χ3v) is 4.73. The Bertz CT molecular complexity index is 1110. The smallest absolute Gasteiger partial charge is 0.417 e. The van der Waals surface area contributed by atoms with E-state index in [4.69, 9.17) is 16.7 Å². The number of nitrogens with zero attached hydrogens (tertiary/aromatic N) is 1. The van der Waals surface area contributed by atoms with Crippen molar-refractivity contribution in [3.8, 4) is 0 Å². The molecule has 10 heteroatoms. The number of aromatic amines is 1. The van der Waals surface area contributed by atoms with Crippen LogP contribution in [0, 0.1) is 0 Å². The van der Waals surface area contributed by atoms with Gasteiger partial charge in [-0.1, -0.05) is 24.9 Å². The minimum absolute atomic E-state index is 0.387. The molecule has 0 saturated heterocycles. The molecule has 0 bridgehead atoms. The Hall–Kier alpha value is -3.07. The summed E-state index contributed by atoms with van der Waals surface area (Å²) in [7, 11) is 0. The van der Waals surface area contributed by atoms with E-state index < -0.39 is 40.8 Å². The molecular formula is C20H17ClF3N3O3. The quantitative estimate of drug-likeness (QED) is 0.491. The van der Waals surface area contributed by atoms with Gasteiger partial charge in [-0.25, -0.2) is 9.78 Å². The van der Waals surface area contributed by atoms with Crippen LogP contribution in [0.15, 0.2) is 36.4 Å². The van der Waals surface area contributed by atoms with Crippen molar-refractivity contribution in [1.82, 2.24) is 15.3 Å². The largest absolute Gasteiger partial charge is 0.478 e. The van der Waals surface area contributed by atoms with Crippen molar-refractivity contribution in [3.05, 3.63) is 63.9 Å². The molecule has 1 amide bonds. The molecule has 0 unspecified atom stereocenters. The number of fused-ring (bicyclic) bond motifs is 1. The first-order valence-corrected chi connectivity index (χ1v) is 9.38. The molecule has 6 nitrogen and oxygen atoms in total. The van der Waals surface area contributed by atoms with Crippen LogP contribution in [0.5, 0.6) is 0 Å². The van der Waals surface area contributed by atoms with E-state index in [9.17, 15) is 22.8 Å². The van der Waals surface area contributed by atoms with Gasteiger partial charge >= 0.3 is 12.1 Å². The van der Waals surface area contributed by atoms with E-state index in [1.54, 1.807) is 18.2 Å². The van der Waals surface area contributed by atoms with Gasteiger partial charge in [-0.3, -0.25) is 4.79 Å². The van der Waals surface area contributed by atoms with Gasteiger partial charge in [0.15, 0.2) is 0 Å². The van der Waals surface area contributed by atoms with Crippen molar-refractivity contribution < 1.29 is 27.9 Å². The van der Waals surface area contributed by atoms with Crippen LogP contribution in [-0.2, 0) is 6.18 Å². The number of benzene rings is 2. The number of aromatic carboxylic acids is 1. The normalized spacial score (nSPS) is 12.7. The first-order chi connectivity index (χ1) is 14.1. The zero-order valence-electron chi connectivity index (χ0n) is 15.7. The number of halogens is 4. The first-order valence-electron chi connectivity index (χ1n) is 9.00. The second-order valence-corrected chi connectivity index (χ2v) is 7.10. The summed E-state index contributed by atoms with van der Waals surface area (Å²) in [4.78, 5) is 31.2. The highest BCUT2D eigenvalue weighted by atomic mass is 35.5. The fourth-order valence-electron chi connectivity index (χ4n) is 3.08. The Labute approximate surface area is 174 Å². The maximum absolute atomic E-state index is 13.4. The molecule has 3 aromatic rings. The number of carboxylic acid groups (broad SMARTS) is 1. The monoisotopic (exact) mass is 439 g/mol. The minimum Gasteiger partial charge on any atom is -0.478 e. The lowest BCUT2D eigenvalue weighted by molar-refractivity contribution is -0.138. The number of carboxylic acids is 1. The molecule has 0 radical (unpaired) electrons. The highest BCUT2D eigenvalue weighted by Crippen LogP contribution is 2.33. The van der Waals surface area contributed by atoms with Gasteiger partial charge in [-0.2, -0.15) is 13.2 Å². The molecule has 0 aliphatic carbocycles. The molecule has 3 N–H and O–H groups in total. The second kappa shape index (κ2) is 8.35. The molecule has 30 heavy (non-hydrogen) atoms. The molecule has 1 heterocycles. The Balaban J connectivity index is 1.95. The molecular weight excluding hydrogens is 423 g/mol. The zero-order chi connectivity index (χ0) is 22.1. The van der Waals surface area contributed by atoms with E-state index in [2.05, 4.69) is 15.3 Å². The maximum Gasteiger partial charge on any atom is 0.417 e. The van der Waals surface area contributed by atoms with Crippen LogP contribution in [0.4, 0.5) is 13.2 Å². The van der Waals surface area contributed by atoms with Crippen LogP contribution in [-0.4, -0.2) is 27.0 Å². The molecule has 0 fully saturated rings. The molecule has 1 atom stereocenters. The maximum atomic E-state index is 13.4. The molecule has 0 aliphatic heterocycles. The van der Waals surface area contributed by atoms with E-state index in [1.165, 1.54) is 0 Å². The number of alkyl halides is 3. The summed E-state index contributed by atoms with van der Waals surface area (Å²) >= 11 is 5.96. The van der Waals surface area contributed by atoms with Crippen molar-refractivity contribution in [2.45, 2.75) is 32.0 Å². The highest BCUT2D eigenvalue weighted by Gasteiger charge is 2.36. The summed E-state index contributed by atoms with van der Waals surface area (Å²) in [6.07, 6.45) is -3.84. The van der Waals surface area contributed by atoms with Gasteiger partial charge in [-0.05, 0) is 42.8 Å². The van der Waals surface area contributed by atoms with E-state index >= 15 is 0 Å². The second-order valence-electron chi connectivity index (χ2n) is 6.66. The van der Waals surface area contributed by atoms with Gasteiger partial charge in [0, 0.05) is 5.02 Å². The van der Waals surface area contributed by atoms with Gasteiger partial charge in [0.05, 0.1) is 33.8 Å². The van der Waals surface area contributed by atoms with Gasteiger partial charge in [-0.15, -0.1) is 0 Å². The van der Waals surface area contributed by atoms with Gasteiger partial charge in [0.2, 0.25) is 0 Å². The van der Waals surface area contributed by atoms with Crippen molar-refractivity contribution in [2.24, 2.45) is 0 Å². The fraction of sp³-hybridized carbons (Fsp3) is 0.250. The third kappa shape index (κ3) is 4.56. The number of carbonyl (C=O) groups is 2. The van der Waals surface area contributed by atoms with Gasteiger partial charge in [0.1, 0.15) is 5.82 Å². The Morgan fingerprint density at radius 3 is 2.60 bits per heavy atom. The van der Waals surface area contributed by atoms with E-state index in [0.29, 0.717) is 40.8 Å². The minimum atomic E-state index is -4.89. The first kappa shape index (κ1) is 21.6. The Kier molecular flexibility index (Phi) is 6.02. The highest BCUT2D eigenvalue weighted by molar-refractivity contribution is 6.31. The van der Waals surface area contributed by atoms with Crippen LogP contribution in [0.2, 0.25) is 5.02 Å². The van der Waals surface area contributed by atoms with Gasteiger partial charge < -0.3 is 15.4 Å². The summed E-state index contributed by atoms with van der Waals surface area (Å²) < 4.78 is 40.3. The predicted molar refractivity (Wildman–Crippen MR) is 105 cm³/mol. The zero-order valence-corrected chi connectivity index (χ0v) is 16.4. The summed E-state index contributed by atoms with van der Waals surface area (Å²) in [5.41, 5.74) is -1.29. The summed E-state index contributed by atoms with van der Waals surface area (Å²) in [6, 6.07) is 6.61. The number of nitrogens with one attached hydrogen (secondary N) is 2. The van der Waals surface area contributed by atoms with Crippen molar-refractivity contribution >= 4 is 34.5 Å². The predicted octanol–water partition coefficient (Wildman–Crippen LogP) is 5.20. The van der Waals surface area contributed by atoms with E-state index in [-0.39, 0.29) is 0 Å². The lowest BCUT2D eigenvalue weighted by atomic mass is 10.0. The average molecular weight is 440 g/mol. The standard InChI is InChI=1S/C20H17ClF3N3O3/c1-2-3-15(17-25-14-7-5-11(21)9-16(14)26-17)27-18(28)12-6-4-10(19(29)30)8-13(12)20(22,23)24/h4-9,15H,2-3H2,1H3,(H,25,26)(H,27,28)(H,29,30)/t15-/m0/s1. The number of hydrogen-bond donors (Lipinski definition) is 3. The Morgan fingerprint density at radius 2 is 1.97 bits per heavy atom. The average Bonchev–Trinajstić information content (AvgIpc) is 3.09. The lowest BCUT2D eigenvalue weighted by Crippen LogP contribution is -2.31. The molecule has 1 aromatic heterocycles. The summed E-state index contributed by atoms with van der Waals surface area (Å²) in [5, 5.41) is 12.0. The number of amides is 1. The third-order valence-electron chi connectivity index (χ3n) is 4.49.